The number of hydrogen-bond donors (Lipinski definition) is 2. The number of nitrogens with one attached hydrogen (secondary N) is 2. The van der Waals surface area contributed by atoms with Crippen LogP contribution in [0.15, 0.2) is 29.1 Å². The number of nitrogens with zero attached hydrogens (tertiary/aromatic N) is 1. The minimum atomic E-state index is -0.320. The fourth-order valence-electron chi connectivity index (χ4n) is 2.72. The number of H-pyrrole nitrogens is 1. The van der Waals surface area contributed by atoms with Crippen molar-refractivity contribution in [3.8, 4) is 0 Å². The lowest BCUT2D eigenvalue weighted by Crippen LogP contribution is -2.16. The van der Waals surface area contributed by atoms with Crippen molar-refractivity contribution in [2.24, 2.45) is 0 Å². The number of hydrogen-bond acceptors (Lipinski definition) is 5. The maximum absolute atomic E-state index is 12.0. The van der Waals surface area contributed by atoms with E-state index in [1.807, 2.05) is 6.92 Å². The Morgan fingerprint density at radius 3 is 2.83 bits per heavy atom. The molecule has 24 heavy (non-hydrogen) atoms. The molecule has 6 heteroatoms. The number of carbonyl (C=O) groups is 1. The summed E-state index contributed by atoms with van der Waals surface area (Å²) in [6, 6.07) is 6.93. The summed E-state index contributed by atoms with van der Waals surface area (Å²) in [5, 5.41) is 3.07. The number of aromatic nitrogens is 2. The summed E-state index contributed by atoms with van der Waals surface area (Å²) in [6.07, 6.45) is 4.47. The van der Waals surface area contributed by atoms with E-state index in [1.165, 1.54) is 0 Å². The van der Waals surface area contributed by atoms with Gasteiger partial charge in [-0.2, -0.15) is 0 Å². The van der Waals surface area contributed by atoms with Crippen LogP contribution in [-0.4, -0.2) is 22.5 Å². The van der Waals surface area contributed by atoms with Gasteiger partial charge in [-0.1, -0.05) is 13.3 Å². The first-order valence-corrected chi connectivity index (χ1v) is 8.33. The molecule has 0 radical (unpaired) electrons. The third kappa shape index (κ3) is 3.64. The van der Waals surface area contributed by atoms with Gasteiger partial charge < -0.3 is 10.1 Å². The Labute approximate surface area is 140 Å². The van der Waals surface area contributed by atoms with Crippen LogP contribution < -0.4 is 10.9 Å². The van der Waals surface area contributed by atoms with E-state index in [9.17, 15) is 9.59 Å². The molecule has 0 bridgehead atoms. The van der Waals surface area contributed by atoms with E-state index in [1.54, 1.807) is 24.3 Å². The zero-order valence-electron chi connectivity index (χ0n) is 13.7. The smallest absolute Gasteiger partial charge is 0.338 e. The van der Waals surface area contributed by atoms with Crippen LogP contribution in [-0.2, 0) is 17.6 Å². The first-order chi connectivity index (χ1) is 11.7. The molecular formula is C18H21N3O3. The topological polar surface area (TPSA) is 84.1 Å². The number of ether oxygens (including phenoxy) is 1. The third-order valence-corrected chi connectivity index (χ3v) is 4.06. The number of fused-ring (bicyclic) bond motifs is 1. The van der Waals surface area contributed by atoms with Crippen LogP contribution in [0.1, 0.15) is 47.8 Å². The van der Waals surface area contributed by atoms with Gasteiger partial charge in [-0.15, -0.1) is 0 Å². The number of aryl methyl sites for hydroxylation is 1. The monoisotopic (exact) mass is 327 g/mol. The van der Waals surface area contributed by atoms with Gasteiger partial charge >= 0.3 is 5.97 Å². The molecule has 0 atom stereocenters. The van der Waals surface area contributed by atoms with Gasteiger partial charge in [-0.05, 0) is 49.9 Å². The highest BCUT2D eigenvalue weighted by molar-refractivity contribution is 5.89. The predicted molar refractivity (Wildman–Crippen MR) is 91.8 cm³/mol. The van der Waals surface area contributed by atoms with E-state index in [2.05, 4.69) is 15.3 Å². The number of rotatable bonds is 6. The summed E-state index contributed by atoms with van der Waals surface area (Å²) in [7, 11) is 0. The number of anilines is 2. The Morgan fingerprint density at radius 2 is 2.08 bits per heavy atom. The van der Waals surface area contributed by atoms with Crippen LogP contribution in [0.4, 0.5) is 11.6 Å². The van der Waals surface area contributed by atoms with Crippen LogP contribution in [0.5, 0.6) is 0 Å². The van der Waals surface area contributed by atoms with E-state index < -0.39 is 0 Å². The van der Waals surface area contributed by atoms with Crippen molar-refractivity contribution in [1.82, 2.24) is 9.97 Å². The fraction of sp³-hybridized carbons (Fsp3) is 0.389. The van der Waals surface area contributed by atoms with Gasteiger partial charge in [0.2, 0.25) is 5.95 Å². The quantitative estimate of drug-likeness (QED) is 0.629. The molecule has 0 saturated heterocycles. The number of aromatic amines is 1. The third-order valence-electron chi connectivity index (χ3n) is 4.06. The van der Waals surface area contributed by atoms with Gasteiger partial charge in [0.1, 0.15) is 0 Å². The molecule has 0 aliphatic heterocycles. The minimum absolute atomic E-state index is 0.0730. The standard InChI is InChI=1S/C18H21N3O3/c1-2-3-11-24-17(23)12-7-9-13(10-8-12)19-18-20-15-6-4-5-14(15)16(22)21-18/h7-10H,2-6,11H2,1H3,(H2,19,20,21,22). The minimum Gasteiger partial charge on any atom is -0.462 e. The van der Waals surface area contributed by atoms with Crippen LogP contribution in [0.2, 0.25) is 0 Å². The summed E-state index contributed by atoms with van der Waals surface area (Å²) >= 11 is 0. The molecule has 0 spiro atoms. The van der Waals surface area contributed by atoms with E-state index in [-0.39, 0.29) is 11.5 Å². The Hall–Kier alpha value is -2.63. The van der Waals surface area contributed by atoms with Crippen LogP contribution in [0.3, 0.4) is 0 Å². The summed E-state index contributed by atoms with van der Waals surface area (Å²) in [5.74, 6) is 0.109. The van der Waals surface area contributed by atoms with Gasteiger partial charge in [-0.3, -0.25) is 9.78 Å². The molecule has 3 rings (SSSR count). The number of unbranched alkanes of at least 4 members (excludes halogenated alkanes) is 1. The Morgan fingerprint density at radius 1 is 1.29 bits per heavy atom. The first-order valence-electron chi connectivity index (χ1n) is 8.33. The lowest BCUT2D eigenvalue weighted by atomic mass is 10.2. The molecule has 126 valence electrons. The van der Waals surface area contributed by atoms with Crippen molar-refractivity contribution < 1.29 is 9.53 Å². The van der Waals surface area contributed by atoms with Crippen LogP contribution >= 0.6 is 0 Å². The second-order valence-corrected chi connectivity index (χ2v) is 5.89. The van der Waals surface area contributed by atoms with Gasteiger partial charge in [0.25, 0.3) is 5.56 Å². The molecule has 0 saturated carbocycles. The molecule has 1 heterocycles. The van der Waals surface area contributed by atoms with Crippen LogP contribution in [0, 0.1) is 0 Å². The van der Waals surface area contributed by atoms with Gasteiger partial charge in [0.05, 0.1) is 17.9 Å². The first kappa shape index (κ1) is 16.2. The average molecular weight is 327 g/mol. The molecule has 2 aromatic rings. The van der Waals surface area contributed by atoms with Gasteiger partial charge in [0, 0.05) is 11.3 Å². The summed E-state index contributed by atoms with van der Waals surface area (Å²) in [5.41, 5.74) is 2.85. The second kappa shape index (κ2) is 7.29. The van der Waals surface area contributed by atoms with Gasteiger partial charge in [-0.25, -0.2) is 9.78 Å². The maximum atomic E-state index is 12.0. The normalized spacial score (nSPS) is 12.7. The van der Waals surface area contributed by atoms with Crippen molar-refractivity contribution in [3.63, 3.8) is 0 Å². The van der Waals surface area contributed by atoms with Crippen molar-refractivity contribution in [2.45, 2.75) is 39.0 Å². The molecule has 1 aromatic heterocycles. The Balaban J connectivity index is 1.67. The second-order valence-electron chi connectivity index (χ2n) is 5.89. The van der Waals surface area contributed by atoms with Crippen molar-refractivity contribution in [2.75, 3.05) is 11.9 Å². The fourth-order valence-corrected chi connectivity index (χ4v) is 2.72. The largest absolute Gasteiger partial charge is 0.462 e. The molecule has 0 fully saturated rings. The maximum Gasteiger partial charge on any atom is 0.338 e. The number of esters is 1. The molecule has 1 aliphatic rings. The molecule has 0 unspecified atom stereocenters. The highest BCUT2D eigenvalue weighted by atomic mass is 16.5. The summed E-state index contributed by atoms with van der Waals surface area (Å²) in [4.78, 5) is 31.1. The Kier molecular flexibility index (Phi) is 4.93. The molecular weight excluding hydrogens is 306 g/mol. The molecule has 1 aliphatic carbocycles. The highest BCUT2D eigenvalue weighted by Crippen LogP contribution is 2.19. The van der Waals surface area contributed by atoms with Crippen molar-refractivity contribution in [1.29, 1.82) is 0 Å². The zero-order chi connectivity index (χ0) is 16.9. The number of benzene rings is 1. The molecule has 1 aromatic carbocycles. The lowest BCUT2D eigenvalue weighted by molar-refractivity contribution is 0.0500. The molecule has 6 nitrogen and oxygen atoms in total. The Bertz CT molecular complexity index is 781. The van der Waals surface area contributed by atoms with Crippen molar-refractivity contribution in [3.05, 3.63) is 51.4 Å². The number of carbonyl (C=O) groups excluding carboxylic acids is 1. The predicted octanol–water partition coefficient (Wildman–Crippen LogP) is 2.96. The van der Waals surface area contributed by atoms with E-state index >= 15 is 0 Å². The summed E-state index contributed by atoms with van der Waals surface area (Å²) in [6.45, 7) is 2.49. The lowest BCUT2D eigenvalue weighted by Gasteiger charge is -2.08. The average Bonchev–Trinajstić information content (AvgIpc) is 3.05. The zero-order valence-corrected chi connectivity index (χ0v) is 13.7. The van der Waals surface area contributed by atoms with Gasteiger partial charge in [0.15, 0.2) is 0 Å². The molecule has 2 N–H and O–H groups in total. The van der Waals surface area contributed by atoms with E-state index in [0.29, 0.717) is 18.1 Å². The molecule has 0 amide bonds. The highest BCUT2D eigenvalue weighted by Gasteiger charge is 2.17. The van der Waals surface area contributed by atoms with Crippen LogP contribution in [0.25, 0.3) is 0 Å². The SMILES string of the molecule is CCCCOC(=O)c1ccc(Nc2nc3c(c(=O)[nH]2)CCC3)cc1. The van der Waals surface area contributed by atoms with E-state index in [0.717, 1.165) is 49.0 Å². The van der Waals surface area contributed by atoms with E-state index in [4.69, 9.17) is 4.74 Å². The summed E-state index contributed by atoms with van der Waals surface area (Å²) < 4.78 is 5.17. The van der Waals surface area contributed by atoms with Crippen molar-refractivity contribution >= 4 is 17.6 Å².